The second-order valence-corrected chi connectivity index (χ2v) is 10.6. The number of likely N-dealkylation sites (tertiary alicyclic amines) is 1. The summed E-state index contributed by atoms with van der Waals surface area (Å²) in [5.74, 6) is -2.23. The first-order chi connectivity index (χ1) is 18.2. The highest BCUT2D eigenvalue weighted by Gasteiger charge is 2.37. The Hall–Kier alpha value is -3.89. The van der Waals surface area contributed by atoms with E-state index in [2.05, 4.69) is 5.32 Å². The summed E-state index contributed by atoms with van der Waals surface area (Å²) in [7, 11) is 0. The number of nitrogens with zero attached hydrogens (tertiary/aromatic N) is 2. The van der Waals surface area contributed by atoms with Crippen LogP contribution in [-0.4, -0.2) is 40.2 Å². The molecule has 1 fully saturated rings. The van der Waals surface area contributed by atoms with E-state index in [1.165, 1.54) is 4.57 Å². The Balaban J connectivity index is 1.59. The summed E-state index contributed by atoms with van der Waals surface area (Å²) in [6, 6.07) is 7.50. The number of alkyl halides is 3. The summed E-state index contributed by atoms with van der Waals surface area (Å²) in [4.78, 5) is 40.2. The maximum atomic E-state index is 13.9. The van der Waals surface area contributed by atoms with E-state index in [0.29, 0.717) is 41.9 Å². The van der Waals surface area contributed by atoms with Gasteiger partial charge in [0.15, 0.2) is 0 Å². The van der Waals surface area contributed by atoms with Crippen molar-refractivity contribution in [3.8, 4) is 0 Å². The van der Waals surface area contributed by atoms with Crippen molar-refractivity contribution >= 4 is 28.5 Å². The molecule has 7 nitrogen and oxygen atoms in total. The Kier molecular flexibility index (Phi) is 7.46. The van der Waals surface area contributed by atoms with Crippen LogP contribution in [0.2, 0.25) is 0 Å². The highest BCUT2D eigenvalue weighted by Crippen LogP contribution is 2.35. The maximum absolute atomic E-state index is 13.9. The number of carbonyl (C=O) groups is 2. The van der Waals surface area contributed by atoms with Gasteiger partial charge < -0.3 is 19.5 Å². The average molecular weight is 548 g/mol. The van der Waals surface area contributed by atoms with Crippen molar-refractivity contribution in [3.63, 3.8) is 0 Å². The fourth-order valence-corrected chi connectivity index (χ4v) is 4.75. The molecule has 208 valence electrons. The fourth-order valence-electron chi connectivity index (χ4n) is 4.75. The molecule has 11 heteroatoms. The molecule has 0 unspecified atom stereocenters. The zero-order chi connectivity index (χ0) is 28.7. The average Bonchev–Trinajstić information content (AvgIpc) is 3.29. The topological polar surface area (TPSA) is 80.6 Å². The number of aromatic nitrogens is 1. The predicted octanol–water partition coefficient (Wildman–Crippen LogP) is 5.83. The second kappa shape index (κ2) is 10.3. The standard InChI is InChI=1S/C28H29F4N3O4/c1-16-8-9-20-19(24(16)33-22(36)14-17-6-5-7-21(29)23(17)28(30,31)32)11-13-35(25(20)37)18-10-12-34(15-18)26(38)39-27(2,3)4/h5-9,11,13,18H,10,12,14-15H2,1-4H3,(H,33,36)/t18-/m0/s1. The van der Waals surface area contributed by atoms with Gasteiger partial charge in [0.25, 0.3) is 5.56 Å². The number of amides is 2. The summed E-state index contributed by atoms with van der Waals surface area (Å²) in [5.41, 5.74) is -2.06. The number of rotatable bonds is 4. The quantitative estimate of drug-likeness (QED) is 0.417. The fraction of sp³-hybridized carbons (Fsp3) is 0.393. The number of anilines is 1. The summed E-state index contributed by atoms with van der Waals surface area (Å²) < 4.78 is 61.0. The van der Waals surface area contributed by atoms with Crippen LogP contribution in [0.1, 0.15) is 49.9 Å². The van der Waals surface area contributed by atoms with Crippen LogP contribution in [-0.2, 0) is 22.1 Å². The lowest BCUT2D eigenvalue weighted by Gasteiger charge is -2.24. The summed E-state index contributed by atoms with van der Waals surface area (Å²) >= 11 is 0. The van der Waals surface area contributed by atoms with Gasteiger partial charge in [-0.25, -0.2) is 9.18 Å². The van der Waals surface area contributed by atoms with Gasteiger partial charge in [0.1, 0.15) is 11.4 Å². The molecule has 0 saturated carbocycles. The minimum atomic E-state index is -4.96. The van der Waals surface area contributed by atoms with Crippen LogP contribution < -0.4 is 10.9 Å². The number of nitrogens with one attached hydrogen (secondary N) is 1. The van der Waals surface area contributed by atoms with Gasteiger partial charge in [0.2, 0.25) is 5.91 Å². The summed E-state index contributed by atoms with van der Waals surface area (Å²) in [6.45, 7) is 7.75. The number of hydrogen-bond donors (Lipinski definition) is 1. The van der Waals surface area contributed by atoms with Gasteiger partial charge in [-0.3, -0.25) is 9.59 Å². The number of pyridine rings is 1. The van der Waals surface area contributed by atoms with E-state index in [1.807, 2.05) is 0 Å². The van der Waals surface area contributed by atoms with Gasteiger partial charge in [-0.1, -0.05) is 18.2 Å². The molecule has 2 aromatic carbocycles. The number of ether oxygens (including phenoxy) is 1. The normalized spacial score (nSPS) is 16.0. The van der Waals surface area contributed by atoms with E-state index in [0.717, 1.165) is 12.1 Å². The van der Waals surface area contributed by atoms with E-state index in [-0.39, 0.29) is 17.3 Å². The third-order valence-corrected chi connectivity index (χ3v) is 6.53. The minimum Gasteiger partial charge on any atom is -0.444 e. The maximum Gasteiger partial charge on any atom is 0.419 e. The molecule has 2 heterocycles. The smallest absolute Gasteiger partial charge is 0.419 e. The molecule has 1 N–H and O–H groups in total. The van der Waals surface area contributed by atoms with Crippen molar-refractivity contribution in [3.05, 3.63) is 75.5 Å². The number of hydrogen-bond acceptors (Lipinski definition) is 4. The molecule has 1 atom stereocenters. The van der Waals surface area contributed by atoms with E-state index < -0.39 is 47.1 Å². The van der Waals surface area contributed by atoms with Crippen LogP contribution in [0.15, 0.2) is 47.4 Å². The number of benzene rings is 2. The molecule has 1 aliphatic heterocycles. The number of fused-ring (bicyclic) bond motifs is 1. The highest BCUT2D eigenvalue weighted by atomic mass is 19.4. The summed E-state index contributed by atoms with van der Waals surface area (Å²) in [6.07, 6.45) is -3.98. The zero-order valence-electron chi connectivity index (χ0n) is 22.0. The van der Waals surface area contributed by atoms with Gasteiger partial charge >= 0.3 is 12.3 Å². The van der Waals surface area contributed by atoms with Gasteiger partial charge in [-0.05, 0) is 63.4 Å². The first-order valence-electron chi connectivity index (χ1n) is 12.4. The largest absolute Gasteiger partial charge is 0.444 e. The van der Waals surface area contributed by atoms with Crippen molar-refractivity contribution in [1.82, 2.24) is 9.47 Å². The second-order valence-electron chi connectivity index (χ2n) is 10.6. The lowest BCUT2D eigenvalue weighted by atomic mass is 10.0. The third-order valence-electron chi connectivity index (χ3n) is 6.53. The molecule has 0 spiro atoms. The zero-order valence-corrected chi connectivity index (χ0v) is 22.0. The predicted molar refractivity (Wildman–Crippen MR) is 138 cm³/mol. The molecule has 39 heavy (non-hydrogen) atoms. The van der Waals surface area contributed by atoms with E-state index >= 15 is 0 Å². The van der Waals surface area contributed by atoms with Crippen molar-refractivity contribution in [1.29, 1.82) is 0 Å². The lowest BCUT2D eigenvalue weighted by molar-refractivity contribution is -0.140. The SMILES string of the molecule is Cc1ccc2c(=O)n([C@H]3CCN(C(=O)OC(C)(C)C)C3)ccc2c1NC(=O)Cc1cccc(F)c1C(F)(F)F. The van der Waals surface area contributed by atoms with E-state index in [9.17, 15) is 31.9 Å². The van der Waals surface area contributed by atoms with Crippen LogP contribution in [0, 0.1) is 12.7 Å². The minimum absolute atomic E-state index is 0.275. The van der Waals surface area contributed by atoms with E-state index in [4.69, 9.17) is 4.74 Å². The Bertz CT molecular complexity index is 1490. The van der Waals surface area contributed by atoms with Crippen LogP contribution in [0.4, 0.5) is 28.0 Å². The van der Waals surface area contributed by atoms with Crippen molar-refractivity contribution in [2.45, 2.75) is 58.4 Å². The van der Waals surface area contributed by atoms with Crippen LogP contribution in [0.25, 0.3) is 10.8 Å². The molecule has 2 amide bonds. The number of halogens is 4. The Morgan fingerprint density at radius 2 is 1.79 bits per heavy atom. The number of carbonyl (C=O) groups excluding carboxylic acids is 2. The summed E-state index contributed by atoms with van der Waals surface area (Å²) in [5, 5.41) is 3.33. The first-order valence-corrected chi connectivity index (χ1v) is 12.4. The van der Waals surface area contributed by atoms with Gasteiger partial charge in [0.05, 0.1) is 23.7 Å². The molecular weight excluding hydrogens is 518 g/mol. The van der Waals surface area contributed by atoms with Crippen molar-refractivity contribution < 1.29 is 31.9 Å². The highest BCUT2D eigenvalue weighted by molar-refractivity contribution is 6.03. The number of aryl methyl sites for hydroxylation is 1. The lowest BCUT2D eigenvalue weighted by Crippen LogP contribution is -2.36. The Labute approximate surface area is 222 Å². The van der Waals surface area contributed by atoms with Crippen molar-refractivity contribution in [2.24, 2.45) is 0 Å². The Morgan fingerprint density at radius 3 is 2.46 bits per heavy atom. The molecule has 1 aromatic heterocycles. The van der Waals surface area contributed by atoms with Crippen LogP contribution >= 0.6 is 0 Å². The molecule has 0 bridgehead atoms. The van der Waals surface area contributed by atoms with Crippen molar-refractivity contribution in [2.75, 3.05) is 18.4 Å². The monoisotopic (exact) mass is 547 g/mol. The molecule has 1 saturated heterocycles. The van der Waals surface area contributed by atoms with Gasteiger partial charge in [-0.15, -0.1) is 0 Å². The molecule has 1 aliphatic rings. The molecule has 0 aliphatic carbocycles. The molecule has 0 radical (unpaired) electrons. The third kappa shape index (κ3) is 6.07. The van der Waals surface area contributed by atoms with Gasteiger partial charge in [-0.2, -0.15) is 13.2 Å². The van der Waals surface area contributed by atoms with Gasteiger partial charge in [0, 0.05) is 30.1 Å². The van der Waals surface area contributed by atoms with Crippen LogP contribution in [0.5, 0.6) is 0 Å². The molecular formula is C28H29F4N3O4. The first kappa shape index (κ1) is 28.1. The van der Waals surface area contributed by atoms with Crippen LogP contribution in [0.3, 0.4) is 0 Å². The molecule has 3 aromatic rings. The van der Waals surface area contributed by atoms with E-state index in [1.54, 1.807) is 57.0 Å². The molecule has 4 rings (SSSR count). The Morgan fingerprint density at radius 1 is 1.08 bits per heavy atom.